The molecular weight excluding hydrogens is 204 g/mol. The minimum atomic E-state index is -0.624. The van der Waals surface area contributed by atoms with Gasteiger partial charge in [-0.3, -0.25) is 0 Å². The van der Waals surface area contributed by atoms with Gasteiger partial charge >= 0.3 is 5.97 Å². The first kappa shape index (κ1) is 10.6. The number of hydrogen-bond acceptors (Lipinski definition) is 3. The van der Waals surface area contributed by atoms with E-state index >= 15 is 0 Å². The van der Waals surface area contributed by atoms with E-state index in [1.165, 1.54) is 7.11 Å². The number of aliphatic hydroxyl groups excluding tert-OH is 1. The predicted octanol–water partition coefficient (Wildman–Crippen LogP) is 2.41. The van der Waals surface area contributed by atoms with Gasteiger partial charge in [0.15, 0.2) is 0 Å². The smallest absolute Gasteiger partial charge is 0.341 e. The molecule has 1 aromatic carbocycles. The monoisotopic (exact) mass is 212 g/mol. The Balaban J connectivity index is 3.15. The van der Waals surface area contributed by atoms with Crippen LogP contribution in [-0.4, -0.2) is 18.2 Å². The molecule has 14 heavy (non-hydrogen) atoms. The van der Waals surface area contributed by atoms with Crippen LogP contribution in [0.25, 0.3) is 5.57 Å². The maximum absolute atomic E-state index is 11.2. The van der Waals surface area contributed by atoms with Gasteiger partial charge in [-0.05, 0) is 6.07 Å². The van der Waals surface area contributed by atoms with Crippen molar-refractivity contribution in [2.45, 2.75) is 0 Å². The minimum absolute atomic E-state index is 0.0399. The zero-order valence-corrected chi connectivity index (χ0v) is 8.28. The summed E-state index contributed by atoms with van der Waals surface area (Å²) in [5.74, 6) is -0.624. The van der Waals surface area contributed by atoms with E-state index in [9.17, 15) is 4.79 Å². The van der Waals surface area contributed by atoms with Gasteiger partial charge in [-0.25, -0.2) is 4.79 Å². The highest BCUT2D eigenvalue weighted by Gasteiger charge is 2.14. The van der Waals surface area contributed by atoms with E-state index in [2.05, 4.69) is 4.74 Å². The molecule has 0 aliphatic heterocycles. The first-order chi connectivity index (χ1) is 6.70. The number of ether oxygens (including phenoxy) is 1. The molecule has 0 aliphatic rings. The van der Waals surface area contributed by atoms with Crippen molar-refractivity contribution in [1.82, 2.24) is 0 Å². The second kappa shape index (κ2) is 4.67. The molecule has 0 bridgehead atoms. The van der Waals surface area contributed by atoms with Crippen molar-refractivity contribution in [3.8, 4) is 0 Å². The average Bonchev–Trinajstić information content (AvgIpc) is 2.21. The molecule has 0 saturated carbocycles. The number of esters is 1. The lowest BCUT2D eigenvalue weighted by molar-refractivity contribution is -0.133. The SMILES string of the molecule is COC(=O)C(=CO)c1ccccc1Cl. The van der Waals surface area contributed by atoms with Crippen molar-refractivity contribution in [2.75, 3.05) is 7.11 Å². The number of hydrogen-bond donors (Lipinski definition) is 1. The summed E-state index contributed by atoms with van der Waals surface area (Å²) in [6.07, 6.45) is 0.688. The molecule has 3 nitrogen and oxygen atoms in total. The standard InChI is InChI=1S/C10H9ClO3/c1-14-10(13)8(6-12)7-4-2-3-5-9(7)11/h2-6,12H,1H3. The van der Waals surface area contributed by atoms with E-state index in [0.717, 1.165) is 0 Å². The van der Waals surface area contributed by atoms with E-state index in [4.69, 9.17) is 16.7 Å². The highest BCUT2D eigenvalue weighted by molar-refractivity contribution is 6.34. The third-order valence-corrected chi connectivity index (χ3v) is 2.03. The van der Waals surface area contributed by atoms with Gasteiger partial charge in [-0.1, -0.05) is 29.8 Å². The van der Waals surface area contributed by atoms with Crippen LogP contribution >= 0.6 is 11.6 Å². The zero-order chi connectivity index (χ0) is 10.6. The van der Waals surface area contributed by atoms with Crippen LogP contribution in [0, 0.1) is 0 Å². The fraction of sp³-hybridized carbons (Fsp3) is 0.100. The quantitative estimate of drug-likeness (QED) is 0.465. The first-order valence-electron chi connectivity index (χ1n) is 3.88. The lowest BCUT2D eigenvalue weighted by Gasteiger charge is -2.05. The van der Waals surface area contributed by atoms with Crippen molar-refractivity contribution in [1.29, 1.82) is 0 Å². The van der Waals surface area contributed by atoms with Gasteiger partial charge in [0.2, 0.25) is 0 Å². The van der Waals surface area contributed by atoms with E-state index < -0.39 is 5.97 Å². The summed E-state index contributed by atoms with van der Waals surface area (Å²) in [5.41, 5.74) is 0.488. The van der Waals surface area contributed by atoms with E-state index in [-0.39, 0.29) is 5.57 Å². The second-order valence-corrected chi connectivity index (χ2v) is 2.92. The van der Waals surface area contributed by atoms with Crippen molar-refractivity contribution < 1.29 is 14.6 Å². The Bertz CT molecular complexity index is 371. The van der Waals surface area contributed by atoms with Crippen LogP contribution in [0.2, 0.25) is 5.02 Å². The van der Waals surface area contributed by atoms with Crippen LogP contribution in [0.3, 0.4) is 0 Å². The van der Waals surface area contributed by atoms with Crippen molar-refractivity contribution >= 4 is 23.1 Å². The number of rotatable bonds is 2. The number of carbonyl (C=O) groups is 1. The number of halogens is 1. The van der Waals surface area contributed by atoms with Gasteiger partial charge < -0.3 is 9.84 Å². The van der Waals surface area contributed by atoms with Crippen LogP contribution in [-0.2, 0) is 9.53 Å². The second-order valence-electron chi connectivity index (χ2n) is 2.51. The maximum atomic E-state index is 11.2. The summed E-state index contributed by atoms with van der Waals surface area (Å²) in [6.45, 7) is 0. The average molecular weight is 213 g/mol. The fourth-order valence-corrected chi connectivity index (χ4v) is 1.26. The highest BCUT2D eigenvalue weighted by Crippen LogP contribution is 2.23. The molecule has 0 heterocycles. The molecule has 0 aliphatic carbocycles. The van der Waals surface area contributed by atoms with E-state index in [0.29, 0.717) is 16.8 Å². The topological polar surface area (TPSA) is 46.5 Å². The van der Waals surface area contributed by atoms with Gasteiger partial charge in [-0.15, -0.1) is 0 Å². The van der Waals surface area contributed by atoms with Crippen LogP contribution < -0.4 is 0 Å². The minimum Gasteiger partial charge on any atom is -0.515 e. The molecule has 0 fully saturated rings. The van der Waals surface area contributed by atoms with Crippen LogP contribution in [0.5, 0.6) is 0 Å². The summed E-state index contributed by atoms with van der Waals surface area (Å²) < 4.78 is 4.49. The Kier molecular flexibility index (Phi) is 3.54. The Hall–Kier alpha value is -1.48. The van der Waals surface area contributed by atoms with E-state index in [1.54, 1.807) is 24.3 Å². The summed E-state index contributed by atoms with van der Waals surface area (Å²) in [6, 6.07) is 6.70. The number of benzene rings is 1. The summed E-state index contributed by atoms with van der Waals surface area (Å²) in [7, 11) is 1.24. The molecule has 1 aromatic rings. The van der Waals surface area contributed by atoms with Gasteiger partial charge in [0, 0.05) is 10.6 Å². The van der Waals surface area contributed by atoms with Crippen molar-refractivity contribution in [3.63, 3.8) is 0 Å². The van der Waals surface area contributed by atoms with Gasteiger partial charge in [0.1, 0.15) is 5.57 Å². The van der Waals surface area contributed by atoms with Crippen LogP contribution in [0.4, 0.5) is 0 Å². The molecule has 1 rings (SSSR count). The third-order valence-electron chi connectivity index (χ3n) is 1.70. The van der Waals surface area contributed by atoms with Crippen molar-refractivity contribution in [2.24, 2.45) is 0 Å². The number of aliphatic hydroxyl groups is 1. The Morgan fingerprint density at radius 3 is 2.64 bits per heavy atom. The molecule has 0 spiro atoms. The van der Waals surface area contributed by atoms with Crippen molar-refractivity contribution in [3.05, 3.63) is 41.1 Å². The number of methoxy groups -OCH3 is 1. The van der Waals surface area contributed by atoms with Crippen LogP contribution in [0.15, 0.2) is 30.5 Å². The van der Waals surface area contributed by atoms with Gasteiger partial charge in [-0.2, -0.15) is 0 Å². The van der Waals surface area contributed by atoms with Gasteiger partial charge in [0.05, 0.1) is 13.4 Å². The summed E-state index contributed by atoms with van der Waals surface area (Å²) >= 11 is 5.84. The molecule has 0 atom stereocenters. The lowest BCUT2D eigenvalue weighted by atomic mass is 10.1. The third kappa shape index (κ3) is 2.06. The molecule has 0 radical (unpaired) electrons. The molecule has 1 N–H and O–H groups in total. The Labute approximate surface area is 86.6 Å². The Morgan fingerprint density at radius 2 is 2.14 bits per heavy atom. The maximum Gasteiger partial charge on any atom is 0.341 e. The summed E-state index contributed by atoms with van der Waals surface area (Å²) in [5, 5.41) is 9.27. The summed E-state index contributed by atoms with van der Waals surface area (Å²) in [4.78, 5) is 11.2. The number of carbonyl (C=O) groups excluding carboxylic acids is 1. The lowest BCUT2D eigenvalue weighted by Crippen LogP contribution is -2.04. The normalized spacial score (nSPS) is 11.1. The molecular formula is C10H9ClO3. The molecule has 0 saturated heterocycles. The predicted molar refractivity (Wildman–Crippen MR) is 54.1 cm³/mol. The molecule has 0 unspecified atom stereocenters. The van der Waals surface area contributed by atoms with Crippen LogP contribution in [0.1, 0.15) is 5.56 Å². The Morgan fingerprint density at radius 1 is 1.50 bits per heavy atom. The fourth-order valence-electron chi connectivity index (χ4n) is 1.02. The zero-order valence-electron chi connectivity index (χ0n) is 7.53. The molecule has 74 valence electrons. The molecule has 0 amide bonds. The molecule has 4 heteroatoms. The van der Waals surface area contributed by atoms with Gasteiger partial charge in [0.25, 0.3) is 0 Å². The molecule has 0 aromatic heterocycles. The van der Waals surface area contributed by atoms with E-state index in [1.807, 2.05) is 0 Å². The largest absolute Gasteiger partial charge is 0.515 e. The highest BCUT2D eigenvalue weighted by atomic mass is 35.5. The first-order valence-corrected chi connectivity index (χ1v) is 4.26.